The van der Waals surface area contributed by atoms with Gasteiger partial charge in [0.1, 0.15) is 11.5 Å². The van der Waals surface area contributed by atoms with Crippen LogP contribution in [0.15, 0.2) is 33.8 Å². The minimum atomic E-state index is 0.292. The summed E-state index contributed by atoms with van der Waals surface area (Å²) < 4.78 is 17.0. The molecule has 3 rings (SSSR count). The number of rotatable bonds is 8. The summed E-state index contributed by atoms with van der Waals surface area (Å²) in [5.41, 5.74) is 2.03. The highest BCUT2D eigenvalue weighted by Crippen LogP contribution is 2.30. The van der Waals surface area contributed by atoms with Gasteiger partial charge in [-0.25, -0.2) is 0 Å². The van der Waals surface area contributed by atoms with E-state index in [0.29, 0.717) is 31.1 Å². The number of hydrogen-bond donors (Lipinski definition) is 2. The minimum Gasteiger partial charge on any atom is -0.497 e. The second-order valence-electron chi connectivity index (χ2n) is 7.65. The second kappa shape index (κ2) is 10.2. The fourth-order valence-corrected chi connectivity index (χ4v) is 3.36. The molecule has 0 aliphatic heterocycles. The summed E-state index contributed by atoms with van der Waals surface area (Å²) in [6.07, 6.45) is 4.99. The zero-order valence-electron chi connectivity index (χ0n) is 17.8. The molecule has 2 aromatic rings. The summed E-state index contributed by atoms with van der Waals surface area (Å²) in [6, 6.07) is 7.93. The molecule has 1 fully saturated rings. The third-order valence-corrected chi connectivity index (χ3v) is 5.14. The molecule has 1 saturated carbocycles. The van der Waals surface area contributed by atoms with Crippen LogP contribution in [0.3, 0.4) is 0 Å². The monoisotopic (exact) mass is 400 g/mol. The first-order valence-corrected chi connectivity index (χ1v) is 10.3. The Morgan fingerprint density at radius 3 is 2.62 bits per heavy atom. The van der Waals surface area contributed by atoms with Gasteiger partial charge in [-0.3, -0.25) is 4.99 Å². The fourth-order valence-electron chi connectivity index (χ4n) is 3.36. The third-order valence-electron chi connectivity index (χ3n) is 5.14. The summed E-state index contributed by atoms with van der Waals surface area (Å²) >= 11 is 0. The summed E-state index contributed by atoms with van der Waals surface area (Å²) in [6.45, 7) is 5.30. The van der Waals surface area contributed by atoms with Gasteiger partial charge in [-0.1, -0.05) is 19.0 Å². The molecule has 1 aromatic carbocycles. The largest absolute Gasteiger partial charge is 0.497 e. The lowest BCUT2D eigenvalue weighted by atomic mass is 10.1. The SMILES string of the molecule is CN=C(NCc1cc(C(C)C)no1)NCc1ccc(OC)cc1OC1CCCC1. The van der Waals surface area contributed by atoms with Crippen molar-refractivity contribution < 1.29 is 14.0 Å². The van der Waals surface area contributed by atoms with Crippen molar-refractivity contribution in [2.75, 3.05) is 14.2 Å². The van der Waals surface area contributed by atoms with Crippen LogP contribution < -0.4 is 20.1 Å². The number of benzene rings is 1. The molecule has 7 heteroatoms. The van der Waals surface area contributed by atoms with Crippen LogP contribution in [0.1, 0.15) is 62.5 Å². The number of hydrogen-bond acceptors (Lipinski definition) is 5. The highest BCUT2D eigenvalue weighted by molar-refractivity contribution is 5.79. The van der Waals surface area contributed by atoms with Crippen LogP contribution in [0, 0.1) is 0 Å². The molecule has 1 heterocycles. The molecular weight excluding hydrogens is 368 g/mol. The van der Waals surface area contributed by atoms with Gasteiger partial charge in [-0.15, -0.1) is 0 Å². The van der Waals surface area contributed by atoms with Gasteiger partial charge in [0.15, 0.2) is 11.7 Å². The molecule has 0 atom stereocenters. The Balaban J connectivity index is 1.59. The molecule has 0 amide bonds. The van der Waals surface area contributed by atoms with E-state index in [4.69, 9.17) is 14.0 Å². The van der Waals surface area contributed by atoms with Crippen LogP contribution in [0.25, 0.3) is 0 Å². The van der Waals surface area contributed by atoms with E-state index >= 15 is 0 Å². The van der Waals surface area contributed by atoms with Crippen molar-refractivity contribution in [3.05, 3.63) is 41.3 Å². The van der Waals surface area contributed by atoms with Crippen molar-refractivity contribution >= 4 is 5.96 Å². The number of nitrogens with one attached hydrogen (secondary N) is 2. The maximum atomic E-state index is 6.27. The van der Waals surface area contributed by atoms with E-state index in [1.54, 1.807) is 14.2 Å². The maximum absolute atomic E-state index is 6.27. The molecule has 1 aliphatic carbocycles. The topological polar surface area (TPSA) is 80.9 Å². The van der Waals surface area contributed by atoms with Crippen LogP contribution in [0.2, 0.25) is 0 Å². The predicted octanol–water partition coefficient (Wildman–Crippen LogP) is 3.99. The lowest BCUT2D eigenvalue weighted by Gasteiger charge is -2.18. The van der Waals surface area contributed by atoms with Crippen LogP contribution >= 0.6 is 0 Å². The van der Waals surface area contributed by atoms with Crippen LogP contribution in [-0.4, -0.2) is 31.4 Å². The second-order valence-corrected chi connectivity index (χ2v) is 7.65. The lowest BCUT2D eigenvalue weighted by molar-refractivity contribution is 0.207. The van der Waals surface area contributed by atoms with Gasteiger partial charge in [0.25, 0.3) is 0 Å². The van der Waals surface area contributed by atoms with E-state index in [1.807, 2.05) is 24.3 Å². The lowest BCUT2D eigenvalue weighted by Crippen LogP contribution is -2.36. The third kappa shape index (κ3) is 5.89. The van der Waals surface area contributed by atoms with Crippen molar-refractivity contribution in [1.82, 2.24) is 15.8 Å². The van der Waals surface area contributed by atoms with Gasteiger partial charge < -0.3 is 24.6 Å². The maximum Gasteiger partial charge on any atom is 0.191 e. The van der Waals surface area contributed by atoms with Gasteiger partial charge >= 0.3 is 0 Å². The van der Waals surface area contributed by atoms with Crippen molar-refractivity contribution in [3.63, 3.8) is 0 Å². The Morgan fingerprint density at radius 2 is 1.97 bits per heavy atom. The van der Waals surface area contributed by atoms with Crippen molar-refractivity contribution in [2.24, 2.45) is 4.99 Å². The molecule has 0 spiro atoms. The van der Waals surface area contributed by atoms with Gasteiger partial charge in [-0.05, 0) is 43.7 Å². The number of aliphatic imine (C=N–C) groups is 1. The van der Waals surface area contributed by atoms with E-state index in [1.165, 1.54) is 12.8 Å². The first-order chi connectivity index (χ1) is 14.1. The summed E-state index contributed by atoms with van der Waals surface area (Å²) in [5, 5.41) is 10.7. The Labute approximate surface area is 172 Å². The zero-order valence-corrected chi connectivity index (χ0v) is 17.8. The number of nitrogens with zero attached hydrogens (tertiary/aromatic N) is 2. The molecule has 29 heavy (non-hydrogen) atoms. The standard InChI is InChI=1S/C22H32N4O3/c1-15(2)20-11-19(29-26-20)14-25-22(23-3)24-13-16-9-10-18(27-4)12-21(16)28-17-7-5-6-8-17/h9-12,15,17H,5-8,13-14H2,1-4H3,(H2,23,24,25). The van der Waals surface area contributed by atoms with E-state index in [9.17, 15) is 0 Å². The minimum absolute atomic E-state index is 0.292. The molecule has 7 nitrogen and oxygen atoms in total. The molecular formula is C22H32N4O3. The van der Waals surface area contributed by atoms with Crippen LogP contribution in [0.4, 0.5) is 0 Å². The molecule has 0 saturated heterocycles. The quantitative estimate of drug-likeness (QED) is 0.515. The smallest absolute Gasteiger partial charge is 0.191 e. The average molecular weight is 401 g/mol. The summed E-state index contributed by atoms with van der Waals surface area (Å²) in [4.78, 5) is 4.29. The highest BCUT2D eigenvalue weighted by atomic mass is 16.5. The number of guanidine groups is 1. The van der Waals surface area contributed by atoms with E-state index in [2.05, 4.69) is 34.6 Å². The van der Waals surface area contributed by atoms with Crippen molar-refractivity contribution in [2.45, 2.75) is 64.6 Å². The molecule has 158 valence electrons. The fraction of sp³-hybridized carbons (Fsp3) is 0.545. The zero-order chi connectivity index (χ0) is 20.6. The number of aromatic nitrogens is 1. The Kier molecular flexibility index (Phi) is 7.38. The summed E-state index contributed by atoms with van der Waals surface area (Å²) in [5.74, 6) is 3.49. The van der Waals surface area contributed by atoms with E-state index in [0.717, 1.165) is 41.4 Å². The summed E-state index contributed by atoms with van der Waals surface area (Å²) in [7, 11) is 3.42. The van der Waals surface area contributed by atoms with Crippen LogP contribution in [0.5, 0.6) is 11.5 Å². The van der Waals surface area contributed by atoms with Crippen LogP contribution in [-0.2, 0) is 13.1 Å². The molecule has 0 radical (unpaired) electrons. The van der Waals surface area contributed by atoms with E-state index in [-0.39, 0.29) is 0 Å². The Hall–Kier alpha value is -2.70. The van der Waals surface area contributed by atoms with Gasteiger partial charge in [-0.2, -0.15) is 0 Å². The highest BCUT2D eigenvalue weighted by Gasteiger charge is 2.18. The average Bonchev–Trinajstić information content (AvgIpc) is 3.41. The molecule has 1 aliphatic rings. The molecule has 2 N–H and O–H groups in total. The Bertz CT molecular complexity index is 810. The molecule has 1 aromatic heterocycles. The Morgan fingerprint density at radius 1 is 1.21 bits per heavy atom. The predicted molar refractivity (Wildman–Crippen MR) is 114 cm³/mol. The van der Waals surface area contributed by atoms with Gasteiger partial charge in [0.2, 0.25) is 0 Å². The van der Waals surface area contributed by atoms with Gasteiger partial charge in [0.05, 0.1) is 25.5 Å². The molecule has 0 bridgehead atoms. The van der Waals surface area contributed by atoms with Crippen molar-refractivity contribution in [3.8, 4) is 11.5 Å². The number of ether oxygens (including phenoxy) is 2. The normalized spacial score (nSPS) is 15.0. The number of methoxy groups -OCH3 is 1. The first-order valence-electron chi connectivity index (χ1n) is 10.3. The van der Waals surface area contributed by atoms with E-state index < -0.39 is 0 Å². The first kappa shape index (κ1) is 21.0. The molecule has 0 unspecified atom stereocenters. The van der Waals surface area contributed by atoms with Crippen molar-refractivity contribution in [1.29, 1.82) is 0 Å². The van der Waals surface area contributed by atoms with Gasteiger partial charge in [0, 0.05) is 31.3 Å².